The molecule has 5 aromatic rings. The van der Waals surface area contributed by atoms with E-state index in [1.807, 2.05) is 37.3 Å². The number of anilines is 1. The fourth-order valence-corrected chi connectivity index (χ4v) is 4.57. The van der Waals surface area contributed by atoms with Gasteiger partial charge < -0.3 is 19.0 Å². The van der Waals surface area contributed by atoms with Crippen molar-refractivity contribution in [3.63, 3.8) is 0 Å². The normalized spacial score (nSPS) is 11.3. The quantitative estimate of drug-likeness (QED) is 0.159. The van der Waals surface area contributed by atoms with E-state index < -0.39 is 0 Å². The Kier molecular flexibility index (Phi) is 7.49. The Hall–Kier alpha value is -4.13. The fraction of sp³-hybridized carbons (Fsp3) is 0.267. The second-order valence-corrected chi connectivity index (χ2v) is 9.20. The number of unbranched alkanes of at least 4 members (excludes halogenated alkanes) is 3. The summed E-state index contributed by atoms with van der Waals surface area (Å²) in [6.07, 6.45) is 4.10. The van der Waals surface area contributed by atoms with Gasteiger partial charge in [-0.2, -0.15) is 0 Å². The van der Waals surface area contributed by atoms with E-state index in [-0.39, 0.29) is 11.4 Å². The number of nitrogens with zero attached hydrogens (tertiary/aromatic N) is 2. The highest BCUT2D eigenvalue weighted by Crippen LogP contribution is 2.23. The molecule has 0 bridgehead atoms. The van der Waals surface area contributed by atoms with Crippen molar-refractivity contribution in [1.82, 2.24) is 9.55 Å². The van der Waals surface area contributed by atoms with Crippen LogP contribution in [-0.2, 0) is 13.1 Å². The van der Waals surface area contributed by atoms with Crippen molar-refractivity contribution in [2.24, 2.45) is 0 Å². The van der Waals surface area contributed by atoms with Gasteiger partial charge >= 0.3 is 5.63 Å². The summed E-state index contributed by atoms with van der Waals surface area (Å²) in [7, 11) is 0. The minimum atomic E-state index is -0.345. The van der Waals surface area contributed by atoms with Crippen LogP contribution >= 0.6 is 0 Å². The number of imidazole rings is 1. The standard InChI is InChI=1S/C30H30FN3O3/c1-21-18-30(35)37-28-19-24(14-15-25(21)28)36-17-7-3-2-6-16-34-27-9-5-4-8-26(27)33-29(34)20-32-23-12-10-22(31)11-13-23/h4-5,8-15,18-19,32H,2-3,6-7,16-17,20H2,1H3. The summed E-state index contributed by atoms with van der Waals surface area (Å²) in [4.78, 5) is 16.5. The van der Waals surface area contributed by atoms with Gasteiger partial charge in [0.25, 0.3) is 0 Å². The van der Waals surface area contributed by atoms with E-state index in [1.165, 1.54) is 18.2 Å². The van der Waals surface area contributed by atoms with Crippen LogP contribution in [0.4, 0.5) is 10.1 Å². The molecule has 0 aliphatic heterocycles. The Bertz CT molecular complexity index is 1560. The molecule has 7 heteroatoms. The molecule has 0 aliphatic rings. The Balaban J connectivity index is 1.11. The molecule has 0 atom stereocenters. The van der Waals surface area contributed by atoms with Gasteiger partial charge in [0.15, 0.2) is 0 Å². The van der Waals surface area contributed by atoms with Crippen molar-refractivity contribution in [2.45, 2.75) is 45.7 Å². The number of hydrogen-bond acceptors (Lipinski definition) is 5. The number of hydrogen-bond donors (Lipinski definition) is 1. The smallest absolute Gasteiger partial charge is 0.336 e. The Morgan fingerprint density at radius 1 is 0.973 bits per heavy atom. The largest absolute Gasteiger partial charge is 0.493 e. The van der Waals surface area contributed by atoms with Crippen LogP contribution in [0.25, 0.3) is 22.0 Å². The number of aryl methyl sites for hydroxylation is 2. The lowest BCUT2D eigenvalue weighted by atomic mass is 10.1. The number of ether oxygens (including phenoxy) is 1. The predicted octanol–water partition coefficient (Wildman–Crippen LogP) is 6.84. The van der Waals surface area contributed by atoms with Crippen LogP contribution in [-0.4, -0.2) is 16.2 Å². The Morgan fingerprint density at radius 3 is 2.65 bits per heavy atom. The summed E-state index contributed by atoms with van der Waals surface area (Å²) in [5.41, 5.74) is 4.08. The molecule has 1 N–H and O–H groups in total. The zero-order valence-corrected chi connectivity index (χ0v) is 20.9. The van der Waals surface area contributed by atoms with Crippen LogP contribution in [0.3, 0.4) is 0 Å². The molecule has 5 rings (SSSR count). The number of benzene rings is 3. The molecule has 0 radical (unpaired) electrons. The van der Waals surface area contributed by atoms with Gasteiger partial charge in [-0.05, 0) is 73.9 Å². The van der Waals surface area contributed by atoms with E-state index in [2.05, 4.69) is 16.0 Å². The van der Waals surface area contributed by atoms with E-state index in [0.29, 0.717) is 24.5 Å². The van der Waals surface area contributed by atoms with Gasteiger partial charge in [0, 0.05) is 29.8 Å². The summed E-state index contributed by atoms with van der Waals surface area (Å²) in [5.74, 6) is 1.43. The van der Waals surface area contributed by atoms with Crippen LogP contribution in [0.15, 0.2) is 82.0 Å². The highest BCUT2D eigenvalue weighted by atomic mass is 19.1. The molecule has 0 fully saturated rings. The average molecular weight is 500 g/mol. The van der Waals surface area contributed by atoms with Crippen molar-refractivity contribution in [3.05, 3.63) is 100 Å². The molecule has 0 unspecified atom stereocenters. The van der Waals surface area contributed by atoms with Crippen LogP contribution in [0.1, 0.15) is 37.1 Å². The third-order valence-corrected chi connectivity index (χ3v) is 6.50. The first-order chi connectivity index (χ1) is 18.1. The van der Waals surface area contributed by atoms with Crippen molar-refractivity contribution in [1.29, 1.82) is 0 Å². The monoisotopic (exact) mass is 499 g/mol. The summed E-state index contributed by atoms with van der Waals surface area (Å²) in [6.45, 7) is 3.96. The number of aromatic nitrogens is 2. The lowest BCUT2D eigenvalue weighted by molar-refractivity contribution is 0.304. The van der Waals surface area contributed by atoms with Crippen LogP contribution < -0.4 is 15.7 Å². The second-order valence-electron chi connectivity index (χ2n) is 9.20. The number of halogens is 1. The first kappa shape index (κ1) is 24.6. The third-order valence-electron chi connectivity index (χ3n) is 6.50. The highest BCUT2D eigenvalue weighted by molar-refractivity contribution is 5.81. The molecular weight excluding hydrogens is 469 g/mol. The van der Waals surface area contributed by atoms with Gasteiger partial charge in [0.2, 0.25) is 0 Å². The molecule has 6 nitrogen and oxygen atoms in total. The van der Waals surface area contributed by atoms with Gasteiger partial charge in [0.1, 0.15) is 23.0 Å². The van der Waals surface area contributed by atoms with Gasteiger partial charge in [-0.3, -0.25) is 0 Å². The molecule has 3 aromatic carbocycles. The summed E-state index contributed by atoms with van der Waals surface area (Å²) < 4.78 is 26.7. The van der Waals surface area contributed by atoms with Crippen molar-refractivity contribution < 1.29 is 13.5 Å². The molecule has 2 aromatic heterocycles. The van der Waals surface area contributed by atoms with E-state index >= 15 is 0 Å². The maximum atomic E-state index is 13.2. The maximum Gasteiger partial charge on any atom is 0.336 e. The summed E-state index contributed by atoms with van der Waals surface area (Å²) in [6, 6.07) is 21.7. The molecule has 190 valence electrons. The molecule has 2 heterocycles. The van der Waals surface area contributed by atoms with Gasteiger partial charge in [0.05, 0.1) is 24.2 Å². The van der Waals surface area contributed by atoms with Crippen molar-refractivity contribution in [3.8, 4) is 5.75 Å². The molecule has 0 spiro atoms. The van der Waals surface area contributed by atoms with Crippen molar-refractivity contribution in [2.75, 3.05) is 11.9 Å². The minimum Gasteiger partial charge on any atom is -0.493 e. The van der Waals surface area contributed by atoms with Crippen molar-refractivity contribution >= 4 is 27.7 Å². The van der Waals surface area contributed by atoms with Gasteiger partial charge in [-0.15, -0.1) is 0 Å². The second kappa shape index (κ2) is 11.3. The topological polar surface area (TPSA) is 69.3 Å². The van der Waals surface area contributed by atoms with E-state index in [0.717, 1.165) is 65.7 Å². The SMILES string of the molecule is Cc1cc(=O)oc2cc(OCCCCCCn3c(CNc4ccc(F)cc4)nc4ccccc43)ccc12. The first-order valence-electron chi connectivity index (χ1n) is 12.7. The minimum absolute atomic E-state index is 0.246. The zero-order chi connectivity index (χ0) is 25.6. The van der Waals surface area contributed by atoms with Gasteiger partial charge in [-0.1, -0.05) is 25.0 Å². The molecular formula is C30H30FN3O3. The number of fused-ring (bicyclic) bond motifs is 2. The van der Waals surface area contributed by atoms with E-state index in [4.69, 9.17) is 14.1 Å². The molecule has 37 heavy (non-hydrogen) atoms. The average Bonchev–Trinajstić information content (AvgIpc) is 3.25. The number of para-hydroxylation sites is 2. The predicted molar refractivity (Wildman–Crippen MR) is 145 cm³/mol. The lowest BCUT2D eigenvalue weighted by Crippen LogP contribution is -2.09. The van der Waals surface area contributed by atoms with Crippen LogP contribution in [0, 0.1) is 12.7 Å². The molecule has 0 amide bonds. The third kappa shape index (κ3) is 6.00. The fourth-order valence-electron chi connectivity index (χ4n) is 4.57. The Labute approximate surface area is 214 Å². The first-order valence-corrected chi connectivity index (χ1v) is 12.7. The lowest BCUT2D eigenvalue weighted by Gasteiger charge is -2.11. The maximum absolute atomic E-state index is 13.2. The molecule has 0 saturated carbocycles. The van der Waals surface area contributed by atoms with Gasteiger partial charge in [-0.25, -0.2) is 14.2 Å². The Morgan fingerprint density at radius 2 is 1.78 bits per heavy atom. The van der Waals surface area contributed by atoms with E-state index in [9.17, 15) is 9.18 Å². The number of nitrogens with one attached hydrogen (secondary N) is 1. The van der Waals surface area contributed by atoms with Crippen LogP contribution in [0.5, 0.6) is 5.75 Å². The summed E-state index contributed by atoms with van der Waals surface area (Å²) >= 11 is 0. The van der Waals surface area contributed by atoms with Crippen LogP contribution in [0.2, 0.25) is 0 Å². The zero-order valence-electron chi connectivity index (χ0n) is 20.9. The van der Waals surface area contributed by atoms with E-state index in [1.54, 1.807) is 18.2 Å². The molecule has 0 saturated heterocycles. The summed E-state index contributed by atoms with van der Waals surface area (Å²) in [5, 5.41) is 4.27. The number of rotatable bonds is 11. The highest BCUT2D eigenvalue weighted by Gasteiger charge is 2.10. The molecule has 0 aliphatic carbocycles.